The fourth-order valence-corrected chi connectivity index (χ4v) is 2.94. The molecule has 1 saturated heterocycles. The molecule has 0 saturated carbocycles. The van der Waals surface area contributed by atoms with Crippen LogP contribution in [0.1, 0.15) is 19.8 Å². The maximum atomic E-state index is 12.2. The summed E-state index contributed by atoms with van der Waals surface area (Å²) in [5, 5.41) is 5.27. The predicted molar refractivity (Wildman–Crippen MR) is 83.5 cm³/mol. The van der Waals surface area contributed by atoms with E-state index in [1.54, 1.807) is 0 Å². The van der Waals surface area contributed by atoms with Crippen LogP contribution in [-0.4, -0.2) is 30.7 Å². The molecule has 1 fully saturated rings. The third-order valence-electron chi connectivity index (χ3n) is 4.06. The Bertz CT molecular complexity index is 643. The predicted octanol–water partition coefficient (Wildman–Crippen LogP) is 2.11. The number of H-pyrrole nitrogens is 1. The van der Waals surface area contributed by atoms with E-state index in [9.17, 15) is 4.79 Å². The summed E-state index contributed by atoms with van der Waals surface area (Å²) in [6.45, 7) is 5.08. The molecule has 0 aliphatic carbocycles. The van der Waals surface area contributed by atoms with Gasteiger partial charge in [-0.1, -0.05) is 18.2 Å². The summed E-state index contributed by atoms with van der Waals surface area (Å²) < 4.78 is 0. The number of hydrogen-bond donors (Lipinski definition) is 2. The lowest BCUT2D eigenvalue weighted by Crippen LogP contribution is -2.38. The zero-order valence-electron chi connectivity index (χ0n) is 11.9. The lowest BCUT2D eigenvalue weighted by molar-refractivity contribution is 0.584. The van der Waals surface area contributed by atoms with Crippen LogP contribution in [0.5, 0.6) is 0 Å². The van der Waals surface area contributed by atoms with Crippen molar-refractivity contribution in [2.45, 2.75) is 25.8 Å². The van der Waals surface area contributed by atoms with Crippen LogP contribution in [-0.2, 0) is 0 Å². The molecular formula is C16H21N3O. The molecular weight excluding hydrogens is 250 g/mol. The van der Waals surface area contributed by atoms with Crippen molar-refractivity contribution in [3.8, 4) is 0 Å². The summed E-state index contributed by atoms with van der Waals surface area (Å²) in [4.78, 5) is 17.4. The Hall–Kier alpha value is -1.81. The Balaban J connectivity index is 1.92. The van der Waals surface area contributed by atoms with Crippen LogP contribution in [0.25, 0.3) is 10.8 Å². The molecule has 1 unspecified atom stereocenters. The smallest absolute Gasteiger partial charge is 0.257 e. The Labute approximate surface area is 118 Å². The van der Waals surface area contributed by atoms with Gasteiger partial charge in [-0.25, -0.2) is 0 Å². The van der Waals surface area contributed by atoms with Crippen molar-refractivity contribution in [3.05, 3.63) is 40.7 Å². The molecule has 1 aromatic heterocycles. The van der Waals surface area contributed by atoms with E-state index < -0.39 is 0 Å². The highest BCUT2D eigenvalue weighted by Crippen LogP contribution is 2.17. The number of pyridine rings is 1. The second-order valence-electron chi connectivity index (χ2n) is 5.40. The van der Waals surface area contributed by atoms with Gasteiger partial charge in [0, 0.05) is 24.5 Å². The minimum Gasteiger partial charge on any atom is -0.357 e. The van der Waals surface area contributed by atoms with Crippen molar-refractivity contribution >= 4 is 16.6 Å². The molecule has 2 heterocycles. The Morgan fingerprint density at radius 2 is 2.20 bits per heavy atom. The van der Waals surface area contributed by atoms with Gasteiger partial charge in [-0.15, -0.1) is 0 Å². The first-order chi connectivity index (χ1) is 9.78. The Morgan fingerprint density at radius 3 is 2.95 bits per heavy atom. The standard InChI is InChI=1S/C16H21N3O/c1-2-19(11-13-7-5-9-17-13)15-10-12-6-3-4-8-14(12)16(20)18-15/h3-4,6,8,10,13,17H,2,5,7,9,11H2,1H3,(H,18,20). The van der Waals surface area contributed by atoms with Crippen LogP contribution in [0.2, 0.25) is 0 Å². The van der Waals surface area contributed by atoms with Crippen LogP contribution in [0.15, 0.2) is 35.1 Å². The van der Waals surface area contributed by atoms with Gasteiger partial charge in [0.2, 0.25) is 0 Å². The van der Waals surface area contributed by atoms with Gasteiger partial charge in [0.05, 0.1) is 0 Å². The highest BCUT2D eigenvalue weighted by atomic mass is 16.1. The first-order valence-electron chi connectivity index (χ1n) is 7.38. The second-order valence-corrected chi connectivity index (χ2v) is 5.40. The van der Waals surface area contributed by atoms with E-state index in [-0.39, 0.29) is 5.56 Å². The number of aromatic nitrogens is 1. The number of aromatic amines is 1. The lowest BCUT2D eigenvalue weighted by atomic mass is 10.1. The largest absolute Gasteiger partial charge is 0.357 e. The number of nitrogens with zero attached hydrogens (tertiary/aromatic N) is 1. The fourth-order valence-electron chi connectivity index (χ4n) is 2.94. The van der Waals surface area contributed by atoms with Gasteiger partial charge < -0.3 is 15.2 Å². The molecule has 0 bridgehead atoms. The summed E-state index contributed by atoms with van der Waals surface area (Å²) >= 11 is 0. The quantitative estimate of drug-likeness (QED) is 0.895. The van der Waals surface area contributed by atoms with Gasteiger partial charge >= 0.3 is 0 Å². The van der Waals surface area contributed by atoms with Crippen molar-refractivity contribution in [1.82, 2.24) is 10.3 Å². The van der Waals surface area contributed by atoms with E-state index in [2.05, 4.69) is 28.2 Å². The average molecular weight is 271 g/mol. The molecule has 106 valence electrons. The highest BCUT2D eigenvalue weighted by molar-refractivity contribution is 5.83. The summed E-state index contributed by atoms with van der Waals surface area (Å²) in [6.07, 6.45) is 2.46. The Morgan fingerprint density at radius 1 is 1.35 bits per heavy atom. The van der Waals surface area contributed by atoms with E-state index in [0.717, 1.165) is 36.2 Å². The first kappa shape index (κ1) is 13.2. The van der Waals surface area contributed by atoms with Crippen LogP contribution in [0.3, 0.4) is 0 Å². The SMILES string of the molecule is CCN(CC1CCCN1)c1cc2ccccc2c(=O)[nH]1. The minimum absolute atomic E-state index is 0.00377. The molecule has 2 N–H and O–H groups in total. The van der Waals surface area contributed by atoms with Crippen molar-refractivity contribution in [3.63, 3.8) is 0 Å². The normalized spacial score (nSPS) is 18.6. The maximum absolute atomic E-state index is 12.2. The van der Waals surface area contributed by atoms with E-state index in [1.165, 1.54) is 12.8 Å². The number of anilines is 1. The number of likely N-dealkylation sites (N-methyl/N-ethyl adjacent to an activating group) is 1. The highest BCUT2D eigenvalue weighted by Gasteiger charge is 2.18. The molecule has 4 heteroatoms. The summed E-state index contributed by atoms with van der Waals surface area (Å²) in [6, 6.07) is 10.3. The molecule has 4 nitrogen and oxygen atoms in total. The number of rotatable bonds is 4. The number of fused-ring (bicyclic) bond motifs is 1. The van der Waals surface area contributed by atoms with Crippen molar-refractivity contribution < 1.29 is 0 Å². The van der Waals surface area contributed by atoms with E-state index in [0.29, 0.717) is 6.04 Å². The molecule has 1 aromatic carbocycles. The Kier molecular flexibility index (Phi) is 3.74. The molecule has 0 amide bonds. The average Bonchev–Trinajstić information content (AvgIpc) is 2.97. The third kappa shape index (κ3) is 2.56. The third-order valence-corrected chi connectivity index (χ3v) is 4.06. The molecule has 1 aliphatic heterocycles. The minimum atomic E-state index is -0.00377. The van der Waals surface area contributed by atoms with Gasteiger partial charge in [-0.05, 0) is 43.8 Å². The lowest BCUT2D eigenvalue weighted by Gasteiger charge is -2.26. The molecule has 0 radical (unpaired) electrons. The van der Waals surface area contributed by atoms with Crippen molar-refractivity contribution in [2.24, 2.45) is 0 Å². The second kappa shape index (κ2) is 5.67. The van der Waals surface area contributed by atoms with Crippen molar-refractivity contribution in [2.75, 3.05) is 24.5 Å². The van der Waals surface area contributed by atoms with Gasteiger partial charge in [-0.3, -0.25) is 4.79 Å². The van der Waals surface area contributed by atoms with Gasteiger partial charge in [0.1, 0.15) is 5.82 Å². The van der Waals surface area contributed by atoms with Crippen LogP contribution in [0.4, 0.5) is 5.82 Å². The molecule has 1 atom stereocenters. The van der Waals surface area contributed by atoms with Crippen LogP contribution >= 0.6 is 0 Å². The molecule has 20 heavy (non-hydrogen) atoms. The zero-order valence-corrected chi connectivity index (χ0v) is 11.9. The molecule has 2 aromatic rings. The van der Waals surface area contributed by atoms with E-state index in [1.807, 2.05) is 24.3 Å². The van der Waals surface area contributed by atoms with Crippen LogP contribution in [0, 0.1) is 0 Å². The first-order valence-corrected chi connectivity index (χ1v) is 7.38. The fraction of sp³-hybridized carbons (Fsp3) is 0.438. The maximum Gasteiger partial charge on any atom is 0.257 e. The summed E-state index contributed by atoms with van der Waals surface area (Å²) in [5.41, 5.74) is -0.00377. The van der Waals surface area contributed by atoms with E-state index >= 15 is 0 Å². The molecule has 1 aliphatic rings. The summed E-state index contributed by atoms with van der Waals surface area (Å²) in [7, 11) is 0. The van der Waals surface area contributed by atoms with Gasteiger partial charge in [-0.2, -0.15) is 0 Å². The monoisotopic (exact) mass is 271 g/mol. The molecule has 3 rings (SSSR count). The number of hydrogen-bond acceptors (Lipinski definition) is 3. The zero-order chi connectivity index (χ0) is 13.9. The van der Waals surface area contributed by atoms with Gasteiger partial charge in [0.15, 0.2) is 0 Å². The number of nitrogens with one attached hydrogen (secondary N) is 2. The number of benzene rings is 1. The van der Waals surface area contributed by atoms with E-state index in [4.69, 9.17) is 0 Å². The van der Waals surface area contributed by atoms with Crippen molar-refractivity contribution in [1.29, 1.82) is 0 Å². The van der Waals surface area contributed by atoms with Crippen LogP contribution < -0.4 is 15.8 Å². The van der Waals surface area contributed by atoms with Gasteiger partial charge in [0.25, 0.3) is 5.56 Å². The topological polar surface area (TPSA) is 48.1 Å². The summed E-state index contributed by atoms with van der Waals surface area (Å²) in [5.74, 6) is 0.921. The molecule has 0 spiro atoms.